The largest absolute Gasteiger partial charge is 0.481 e. The van der Waals surface area contributed by atoms with Crippen molar-refractivity contribution in [3.63, 3.8) is 0 Å². The Kier molecular flexibility index (Phi) is 5.59. The maximum Gasteiger partial charge on any atom is 0.303 e. The first-order chi connectivity index (χ1) is 14.4. The van der Waals surface area contributed by atoms with Crippen LogP contribution in [0.1, 0.15) is 63.8 Å². The number of nitrogens with zero attached hydrogens (tertiary/aromatic N) is 4. The van der Waals surface area contributed by atoms with Crippen LogP contribution < -0.4 is 11.1 Å². The zero-order valence-corrected chi connectivity index (χ0v) is 16.8. The van der Waals surface area contributed by atoms with Gasteiger partial charge >= 0.3 is 5.97 Å². The third-order valence-corrected chi connectivity index (χ3v) is 6.64. The lowest BCUT2D eigenvalue weighted by Crippen LogP contribution is -2.50. The van der Waals surface area contributed by atoms with Crippen molar-refractivity contribution in [3.8, 4) is 0 Å². The van der Waals surface area contributed by atoms with Crippen LogP contribution in [-0.4, -0.2) is 53.8 Å². The van der Waals surface area contributed by atoms with E-state index in [0.29, 0.717) is 17.6 Å². The molecule has 0 unspecified atom stereocenters. The number of amides is 1. The molecule has 0 radical (unpaired) electrons. The minimum Gasteiger partial charge on any atom is -0.481 e. The van der Waals surface area contributed by atoms with Crippen LogP contribution in [0.5, 0.6) is 0 Å². The molecule has 0 bridgehead atoms. The number of aliphatic hydroxyl groups is 1. The SMILES string of the molecule is Nc1ncnc2c1ncn2[C@H]1CCC[C@H](NC(=O)CC2(CC(=O)O)CCCC2)[C@@H]1O. The monoisotopic (exact) mass is 416 g/mol. The van der Waals surface area contributed by atoms with Crippen molar-refractivity contribution in [3.05, 3.63) is 12.7 Å². The van der Waals surface area contributed by atoms with E-state index in [1.165, 1.54) is 6.33 Å². The molecule has 2 saturated carbocycles. The highest BCUT2D eigenvalue weighted by atomic mass is 16.4. The summed E-state index contributed by atoms with van der Waals surface area (Å²) < 4.78 is 1.80. The van der Waals surface area contributed by atoms with E-state index in [4.69, 9.17) is 5.73 Å². The van der Waals surface area contributed by atoms with E-state index in [2.05, 4.69) is 20.3 Å². The lowest BCUT2D eigenvalue weighted by atomic mass is 9.79. The van der Waals surface area contributed by atoms with Gasteiger partial charge < -0.3 is 25.8 Å². The smallest absolute Gasteiger partial charge is 0.303 e. The Balaban J connectivity index is 1.46. The van der Waals surface area contributed by atoms with Crippen molar-refractivity contribution < 1.29 is 19.8 Å². The molecule has 0 aromatic carbocycles. The van der Waals surface area contributed by atoms with Crippen molar-refractivity contribution >= 4 is 28.9 Å². The van der Waals surface area contributed by atoms with E-state index in [-0.39, 0.29) is 30.6 Å². The van der Waals surface area contributed by atoms with Crippen LogP contribution in [0.2, 0.25) is 0 Å². The molecular formula is C20H28N6O4. The molecule has 1 amide bonds. The summed E-state index contributed by atoms with van der Waals surface area (Å²) in [4.78, 5) is 36.5. The van der Waals surface area contributed by atoms with E-state index in [9.17, 15) is 19.8 Å². The Hall–Kier alpha value is -2.75. The van der Waals surface area contributed by atoms with Gasteiger partial charge in [-0.1, -0.05) is 12.8 Å². The first kappa shape index (κ1) is 20.5. The van der Waals surface area contributed by atoms with Gasteiger partial charge in [0.25, 0.3) is 0 Å². The summed E-state index contributed by atoms with van der Waals surface area (Å²) in [6, 6.07) is -0.695. The van der Waals surface area contributed by atoms with E-state index < -0.39 is 23.5 Å². The summed E-state index contributed by atoms with van der Waals surface area (Å²) in [6.45, 7) is 0. The first-order valence-electron chi connectivity index (χ1n) is 10.5. The number of aromatic nitrogens is 4. The van der Waals surface area contributed by atoms with Crippen LogP contribution in [0.25, 0.3) is 11.2 Å². The van der Waals surface area contributed by atoms with Crippen molar-refractivity contribution in [2.45, 2.75) is 76.0 Å². The topological polar surface area (TPSA) is 156 Å². The second kappa shape index (κ2) is 8.17. The standard InChI is InChI=1S/C20H28N6O4/c21-18-16-19(23-10-22-18)26(11-24-16)13-5-3-4-12(17(13)30)25-14(27)8-20(9-15(28)29)6-1-2-7-20/h10-13,17,30H,1-9H2,(H,25,27)(H,28,29)(H2,21,22,23)/t12-,13-,17-/m0/s1. The molecule has 0 aliphatic heterocycles. The first-order valence-corrected chi connectivity index (χ1v) is 10.5. The molecule has 2 aromatic heterocycles. The van der Waals surface area contributed by atoms with E-state index in [1.807, 2.05) is 0 Å². The molecule has 2 aliphatic rings. The zero-order chi connectivity index (χ0) is 21.3. The summed E-state index contributed by atoms with van der Waals surface area (Å²) in [5.74, 6) is -0.769. The second-order valence-corrected chi connectivity index (χ2v) is 8.70. The van der Waals surface area contributed by atoms with Crippen LogP contribution in [0.3, 0.4) is 0 Å². The molecule has 3 atom stereocenters. The number of aliphatic carboxylic acids is 1. The van der Waals surface area contributed by atoms with Gasteiger partial charge in [0.2, 0.25) is 5.91 Å². The number of nitrogen functional groups attached to an aromatic ring is 1. The van der Waals surface area contributed by atoms with Crippen molar-refractivity contribution in [2.75, 3.05) is 5.73 Å². The molecule has 2 fully saturated rings. The summed E-state index contributed by atoms with van der Waals surface area (Å²) in [6.07, 6.45) is 8.00. The van der Waals surface area contributed by atoms with Crippen molar-refractivity contribution in [1.82, 2.24) is 24.8 Å². The molecule has 0 saturated heterocycles. The molecule has 2 heterocycles. The zero-order valence-electron chi connectivity index (χ0n) is 16.8. The number of aliphatic hydroxyl groups excluding tert-OH is 1. The molecule has 2 aliphatic carbocycles. The lowest BCUT2D eigenvalue weighted by molar-refractivity contribution is -0.140. The van der Waals surface area contributed by atoms with E-state index in [0.717, 1.165) is 38.5 Å². The van der Waals surface area contributed by atoms with E-state index in [1.54, 1.807) is 10.9 Å². The van der Waals surface area contributed by atoms with Crippen molar-refractivity contribution in [2.24, 2.45) is 5.41 Å². The minimum absolute atomic E-state index is 0.0123. The van der Waals surface area contributed by atoms with Crippen LogP contribution in [-0.2, 0) is 9.59 Å². The highest BCUT2D eigenvalue weighted by Crippen LogP contribution is 2.44. The predicted octanol–water partition coefficient (Wildman–Crippen LogP) is 1.40. The van der Waals surface area contributed by atoms with Gasteiger partial charge in [-0.25, -0.2) is 15.0 Å². The van der Waals surface area contributed by atoms with E-state index >= 15 is 0 Å². The fourth-order valence-electron chi connectivity index (χ4n) is 5.19. The molecule has 2 aromatic rings. The Morgan fingerprint density at radius 2 is 1.93 bits per heavy atom. The average molecular weight is 416 g/mol. The number of fused-ring (bicyclic) bond motifs is 1. The van der Waals surface area contributed by atoms with Crippen LogP contribution in [0.4, 0.5) is 5.82 Å². The third kappa shape index (κ3) is 3.96. The van der Waals surface area contributed by atoms with Gasteiger partial charge in [0, 0.05) is 6.42 Å². The number of carboxylic acid groups (broad SMARTS) is 1. The summed E-state index contributed by atoms with van der Waals surface area (Å²) >= 11 is 0. The van der Waals surface area contributed by atoms with Gasteiger partial charge in [-0.15, -0.1) is 0 Å². The van der Waals surface area contributed by atoms with Crippen LogP contribution in [0.15, 0.2) is 12.7 Å². The third-order valence-electron chi connectivity index (χ3n) is 6.64. The van der Waals surface area contributed by atoms with Crippen LogP contribution in [0, 0.1) is 5.41 Å². The van der Waals surface area contributed by atoms with Gasteiger partial charge in [0.1, 0.15) is 11.8 Å². The Morgan fingerprint density at radius 3 is 2.67 bits per heavy atom. The van der Waals surface area contributed by atoms with Gasteiger partial charge in [0.05, 0.1) is 30.9 Å². The molecular weight excluding hydrogens is 388 g/mol. The maximum absolute atomic E-state index is 12.8. The molecule has 4 rings (SSSR count). The maximum atomic E-state index is 12.8. The number of carbonyl (C=O) groups excluding carboxylic acids is 1. The summed E-state index contributed by atoms with van der Waals surface area (Å²) in [7, 11) is 0. The second-order valence-electron chi connectivity index (χ2n) is 8.70. The van der Waals surface area contributed by atoms with Gasteiger partial charge in [-0.2, -0.15) is 0 Å². The van der Waals surface area contributed by atoms with Gasteiger partial charge in [-0.3, -0.25) is 9.59 Å². The highest BCUT2D eigenvalue weighted by molar-refractivity contribution is 5.81. The molecule has 30 heavy (non-hydrogen) atoms. The van der Waals surface area contributed by atoms with Crippen molar-refractivity contribution in [1.29, 1.82) is 0 Å². The number of nitrogens with one attached hydrogen (secondary N) is 1. The van der Waals surface area contributed by atoms with Gasteiger partial charge in [-0.05, 0) is 37.5 Å². The number of carbonyl (C=O) groups is 2. The lowest BCUT2D eigenvalue weighted by Gasteiger charge is -2.36. The molecule has 10 heteroatoms. The number of carboxylic acids is 1. The number of hydrogen-bond donors (Lipinski definition) is 4. The Labute approximate surface area is 173 Å². The number of rotatable bonds is 6. The number of imidazole rings is 1. The molecule has 10 nitrogen and oxygen atoms in total. The highest BCUT2D eigenvalue weighted by Gasteiger charge is 2.40. The summed E-state index contributed by atoms with van der Waals surface area (Å²) in [5, 5.41) is 23.3. The minimum atomic E-state index is -0.865. The summed E-state index contributed by atoms with van der Waals surface area (Å²) in [5.41, 5.74) is 6.45. The van der Waals surface area contributed by atoms with Crippen LogP contribution >= 0.6 is 0 Å². The number of nitrogens with two attached hydrogens (primary N) is 1. The normalized spacial score (nSPS) is 26.0. The fourth-order valence-corrected chi connectivity index (χ4v) is 5.19. The molecule has 5 N–H and O–H groups in total. The molecule has 162 valence electrons. The van der Waals surface area contributed by atoms with Gasteiger partial charge in [0.15, 0.2) is 11.5 Å². The fraction of sp³-hybridized carbons (Fsp3) is 0.650. The Morgan fingerprint density at radius 1 is 1.17 bits per heavy atom. The molecule has 0 spiro atoms. The number of anilines is 1. The average Bonchev–Trinajstić information content (AvgIpc) is 3.31. The predicted molar refractivity (Wildman–Crippen MR) is 108 cm³/mol. The number of hydrogen-bond acceptors (Lipinski definition) is 7. The Bertz CT molecular complexity index is 939. The quantitative estimate of drug-likeness (QED) is 0.550.